The molecule has 106 valence electrons. The molecule has 2 heterocycles. The van der Waals surface area contributed by atoms with E-state index >= 15 is 0 Å². The first-order chi connectivity index (χ1) is 9.08. The van der Waals surface area contributed by atoms with E-state index in [4.69, 9.17) is 0 Å². The summed E-state index contributed by atoms with van der Waals surface area (Å²) < 4.78 is 26.8. The highest BCUT2D eigenvalue weighted by molar-refractivity contribution is 5.40. The van der Waals surface area contributed by atoms with Crippen molar-refractivity contribution in [3.63, 3.8) is 0 Å². The van der Waals surface area contributed by atoms with Crippen LogP contribution in [0.1, 0.15) is 26.7 Å². The predicted octanol–water partition coefficient (Wildman–Crippen LogP) is 2.57. The highest BCUT2D eigenvalue weighted by atomic mass is 19.1. The minimum atomic E-state index is -0.635. The Morgan fingerprint density at radius 3 is 2.84 bits per heavy atom. The molecule has 0 radical (unpaired) electrons. The van der Waals surface area contributed by atoms with Gasteiger partial charge in [0.2, 0.25) is 0 Å². The number of hydrogen-bond acceptors (Lipinski definition) is 3. The van der Waals surface area contributed by atoms with Crippen LogP contribution in [0.15, 0.2) is 12.3 Å². The monoisotopic (exact) mass is 269 g/mol. The van der Waals surface area contributed by atoms with Crippen molar-refractivity contribution >= 4 is 5.82 Å². The molecule has 1 atom stereocenters. The summed E-state index contributed by atoms with van der Waals surface area (Å²) >= 11 is 0. The van der Waals surface area contributed by atoms with Gasteiger partial charge in [-0.3, -0.25) is 0 Å². The fourth-order valence-corrected chi connectivity index (χ4v) is 2.52. The molecular weight excluding hydrogens is 248 g/mol. The van der Waals surface area contributed by atoms with E-state index in [1.54, 1.807) is 0 Å². The van der Waals surface area contributed by atoms with Gasteiger partial charge in [-0.25, -0.2) is 13.8 Å². The van der Waals surface area contributed by atoms with E-state index in [-0.39, 0.29) is 11.9 Å². The quantitative estimate of drug-likeness (QED) is 0.910. The molecule has 1 aliphatic heterocycles. The molecule has 19 heavy (non-hydrogen) atoms. The van der Waals surface area contributed by atoms with E-state index in [1.165, 1.54) is 0 Å². The number of hydrogen-bond donors (Lipinski definition) is 1. The molecule has 0 spiro atoms. The summed E-state index contributed by atoms with van der Waals surface area (Å²) in [6, 6.07) is 1.03. The number of pyridine rings is 1. The van der Waals surface area contributed by atoms with Crippen molar-refractivity contribution in [3.8, 4) is 0 Å². The normalized spacial score (nSPS) is 19.7. The van der Waals surface area contributed by atoms with Gasteiger partial charge in [0, 0.05) is 18.7 Å². The van der Waals surface area contributed by atoms with Crippen LogP contribution in [-0.4, -0.2) is 30.7 Å². The zero-order valence-corrected chi connectivity index (χ0v) is 11.5. The van der Waals surface area contributed by atoms with Crippen LogP contribution in [0.5, 0.6) is 0 Å². The lowest BCUT2D eigenvalue weighted by Crippen LogP contribution is -2.42. The summed E-state index contributed by atoms with van der Waals surface area (Å²) in [4.78, 5) is 5.84. The van der Waals surface area contributed by atoms with Crippen LogP contribution in [0.25, 0.3) is 0 Å². The van der Waals surface area contributed by atoms with Gasteiger partial charge in [-0.1, -0.05) is 0 Å². The third-order valence-corrected chi connectivity index (χ3v) is 3.54. The minimum Gasteiger partial charge on any atom is -0.351 e. The molecule has 1 fully saturated rings. The first kappa shape index (κ1) is 14.2. The maximum absolute atomic E-state index is 13.9. The van der Waals surface area contributed by atoms with Gasteiger partial charge in [0.15, 0.2) is 11.6 Å². The molecule has 1 aromatic rings. The van der Waals surface area contributed by atoms with Crippen molar-refractivity contribution in [1.29, 1.82) is 0 Å². The summed E-state index contributed by atoms with van der Waals surface area (Å²) in [7, 11) is 0. The Labute approximate surface area is 113 Å². The minimum absolute atomic E-state index is 0.134. The molecule has 3 nitrogen and oxygen atoms in total. The average Bonchev–Trinajstić information content (AvgIpc) is 2.38. The average molecular weight is 269 g/mol. The Balaban J connectivity index is 2.14. The van der Waals surface area contributed by atoms with Gasteiger partial charge in [0.1, 0.15) is 5.82 Å². The number of aromatic nitrogens is 1. The molecular formula is C14H21F2N3. The zero-order valence-electron chi connectivity index (χ0n) is 11.5. The Kier molecular flexibility index (Phi) is 4.69. The van der Waals surface area contributed by atoms with Crippen LogP contribution in [-0.2, 0) is 0 Å². The number of anilines is 1. The third kappa shape index (κ3) is 3.62. The van der Waals surface area contributed by atoms with E-state index in [0.29, 0.717) is 5.92 Å². The Bertz CT molecular complexity index is 417. The standard InChI is InChI=1S/C14H21F2N3/c1-10(2)19(9-11-4-3-5-17-7-11)14-13(16)6-12(15)8-18-14/h6,8,10-11,17H,3-5,7,9H2,1-2H3. The largest absolute Gasteiger partial charge is 0.351 e. The number of rotatable bonds is 4. The maximum Gasteiger partial charge on any atom is 0.168 e. The van der Waals surface area contributed by atoms with Crippen molar-refractivity contribution in [2.24, 2.45) is 5.92 Å². The van der Waals surface area contributed by atoms with Crippen molar-refractivity contribution < 1.29 is 8.78 Å². The first-order valence-electron chi connectivity index (χ1n) is 6.86. The number of halogens is 2. The lowest BCUT2D eigenvalue weighted by molar-refractivity contribution is 0.368. The lowest BCUT2D eigenvalue weighted by atomic mass is 9.98. The molecule has 1 aliphatic rings. The summed E-state index contributed by atoms with van der Waals surface area (Å²) in [6.45, 7) is 6.76. The molecule has 0 saturated carbocycles. The first-order valence-corrected chi connectivity index (χ1v) is 6.86. The van der Waals surface area contributed by atoms with Gasteiger partial charge < -0.3 is 10.2 Å². The molecule has 1 N–H and O–H groups in total. The van der Waals surface area contributed by atoms with Crippen LogP contribution in [0.4, 0.5) is 14.6 Å². The van der Waals surface area contributed by atoms with Crippen LogP contribution in [0.3, 0.4) is 0 Å². The van der Waals surface area contributed by atoms with Gasteiger partial charge in [0.05, 0.1) is 6.20 Å². The fourth-order valence-electron chi connectivity index (χ4n) is 2.52. The Hall–Kier alpha value is -1.23. The van der Waals surface area contributed by atoms with Crippen molar-refractivity contribution in [1.82, 2.24) is 10.3 Å². The smallest absolute Gasteiger partial charge is 0.168 e. The van der Waals surface area contributed by atoms with E-state index in [9.17, 15) is 8.78 Å². The second kappa shape index (κ2) is 6.28. The van der Waals surface area contributed by atoms with E-state index in [2.05, 4.69) is 10.3 Å². The van der Waals surface area contributed by atoms with Gasteiger partial charge in [-0.15, -0.1) is 0 Å². The van der Waals surface area contributed by atoms with Crippen LogP contribution >= 0.6 is 0 Å². The summed E-state index contributed by atoms with van der Waals surface area (Å²) in [5.74, 6) is -0.480. The third-order valence-electron chi connectivity index (χ3n) is 3.54. The molecule has 1 unspecified atom stereocenters. The van der Waals surface area contributed by atoms with Crippen LogP contribution < -0.4 is 10.2 Å². The molecule has 0 aliphatic carbocycles. The molecule has 0 aromatic carbocycles. The summed E-state index contributed by atoms with van der Waals surface area (Å²) in [6.07, 6.45) is 3.36. The van der Waals surface area contributed by atoms with Gasteiger partial charge in [-0.05, 0) is 45.7 Å². The highest BCUT2D eigenvalue weighted by Gasteiger charge is 2.22. The topological polar surface area (TPSA) is 28.2 Å². The maximum atomic E-state index is 13.9. The van der Waals surface area contributed by atoms with E-state index < -0.39 is 11.6 Å². The molecule has 0 amide bonds. The molecule has 1 aromatic heterocycles. The Morgan fingerprint density at radius 2 is 2.26 bits per heavy atom. The lowest BCUT2D eigenvalue weighted by Gasteiger charge is -2.33. The second-order valence-corrected chi connectivity index (χ2v) is 5.42. The molecule has 2 rings (SSSR count). The van der Waals surface area contributed by atoms with E-state index in [0.717, 1.165) is 44.7 Å². The molecule has 5 heteroatoms. The highest BCUT2D eigenvalue weighted by Crippen LogP contribution is 2.22. The zero-order chi connectivity index (χ0) is 13.8. The summed E-state index contributed by atoms with van der Waals surface area (Å²) in [5, 5.41) is 3.35. The van der Waals surface area contributed by atoms with Gasteiger partial charge in [-0.2, -0.15) is 0 Å². The number of nitrogens with zero attached hydrogens (tertiary/aromatic N) is 2. The predicted molar refractivity (Wildman–Crippen MR) is 72.2 cm³/mol. The van der Waals surface area contributed by atoms with Crippen molar-refractivity contribution in [2.45, 2.75) is 32.7 Å². The fraction of sp³-hybridized carbons (Fsp3) is 0.643. The van der Waals surface area contributed by atoms with Crippen molar-refractivity contribution in [3.05, 3.63) is 23.9 Å². The molecule has 0 bridgehead atoms. The number of piperidine rings is 1. The SMILES string of the molecule is CC(C)N(CC1CCCNC1)c1ncc(F)cc1F. The second-order valence-electron chi connectivity index (χ2n) is 5.42. The van der Waals surface area contributed by atoms with Crippen LogP contribution in [0, 0.1) is 17.6 Å². The molecule has 1 saturated heterocycles. The summed E-state index contributed by atoms with van der Waals surface area (Å²) in [5.41, 5.74) is 0. The van der Waals surface area contributed by atoms with Gasteiger partial charge >= 0.3 is 0 Å². The van der Waals surface area contributed by atoms with Crippen molar-refractivity contribution in [2.75, 3.05) is 24.5 Å². The Morgan fingerprint density at radius 1 is 1.47 bits per heavy atom. The number of nitrogens with one attached hydrogen (secondary N) is 1. The van der Waals surface area contributed by atoms with E-state index in [1.807, 2.05) is 18.7 Å². The van der Waals surface area contributed by atoms with Gasteiger partial charge in [0.25, 0.3) is 0 Å². The van der Waals surface area contributed by atoms with Crippen LogP contribution in [0.2, 0.25) is 0 Å².